The first-order chi connectivity index (χ1) is 19.2. The molecular weight excluding hydrogens is 558 g/mol. The lowest BCUT2D eigenvalue weighted by molar-refractivity contribution is 0.327. The smallest absolute Gasteiger partial charge is 0.280 e. The molecule has 40 heavy (non-hydrogen) atoms. The zero-order valence-corrected chi connectivity index (χ0v) is 23.5. The third-order valence-electron chi connectivity index (χ3n) is 5.71. The van der Waals surface area contributed by atoms with Gasteiger partial charge in [0.15, 0.2) is 33.1 Å². The van der Waals surface area contributed by atoms with Crippen molar-refractivity contribution in [2.45, 2.75) is 18.9 Å². The van der Waals surface area contributed by atoms with E-state index < -0.39 is 10.0 Å². The van der Waals surface area contributed by atoms with Gasteiger partial charge < -0.3 is 14.2 Å². The Balaban J connectivity index is 1.77. The average molecular weight is 582 g/mol. The Labute approximate surface area is 235 Å². The largest absolute Gasteiger partial charge is 0.494 e. The first kappa shape index (κ1) is 27.1. The summed E-state index contributed by atoms with van der Waals surface area (Å²) in [5.41, 5.74) is 1.98. The number of fused-ring (bicyclic) bond motifs is 1. The summed E-state index contributed by atoms with van der Waals surface area (Å²) in [5.74, 6) is 1.36. The van der Waals surface area contributed by atoms with Crippen LogP contribution >= 0.6 is 11.6 Å². The number of rotatable bonds is 9. The molecule has 0 spiro atoms. The van der Waals surface area contributed by atoms with Gasteiger partial charge in [-0.3, -0.25) is 9.29 Å². The predicted octanol–water partition coefficient (Wildman–Crippen LogP) is 4.45. The summed E-state index contributed by atoms with van der Waals surface area (Å²) in [6.45, 7) is 4.08. The Bertz CT molecular complexity index is 1790. The first-order valence-electron chi connectivity index (χ1n) is 12.0. The summed E-state index contributed by atoms with van der Waals surface area (Å²) in [6.07, 6.45) is 1.45. The molecule has 14 heteroatoms. The van der Waals surface area contributed by atoms with Crippen LogP contribution in [0, 0.1) is 6.92 Å². The fraction of sp³-hybridized carbons (Fsp3) is 0.192. The molecule has 0 aliphatic heterocycles. The number of halogens is 1. The standard InChI is InChI=1S/C26H24ClN7O5S/c1-5-39-19-11-6-8-16(29-19)25-32-24-26(34(25)21-17(37-3)9-7-10-18(21)38-4)31-23(22(27)30-24)33-40(35,36)20-13-12-15(2)14-28-20/h6-14H,5H2,1-4H3,(H,31,33). The number of imidazole rings is 1. The van der Waals surface area contributed by atoms with Crippen molar-refractivity contribution < 1.29 is 22.6 Å². The third-order valence-corrected chi connectivity index (χ3v) is 7.23. The predicted molar refractivity (Wildman–Crippen MR) is 149 cm³/mol. The summed E-state index contributed by atoms with van der Waals surface area (Å²) >= 11 is 6.40. The molecule has 0 aliphatic rings. The molecule has 0 bridgehead atoms. The van der Waals surface area contributed by atoms with Gasteiger partial charge in [-0.1, -0.05) is 29.8 Å². The normalized spacial score (nSPS) is 11.4. The summed E-state index contributed by atoms with van der Waals surface area (Å²) < 4.78 is 47.1. The summed E-state index contributed by atoms with van der Waals surface area (Å²) in [6, 6.07) is 13.5. The third kappa shape index (κ3) is 5.08. The number of pyridine rings is 2. The zero-order valence-electron chi connectivity index (χ0n) is 21.9. The van der Waals surface area contributed by atoms with Crippen LogP contribution in [0.5, 0.6) is 17.4 Å². The minimum absolute atomic E-state index is 0.132. The quantitative estimate of drug-likeness (QED) is 0.265. The van der Waals surface area contributed by atoms with Crippen LogP contribution in [0.3, 0.4) is 0 Å². The Morgan fingerprint density at radius 3 is 2.33 bits per heavy atom. The van der Waals surface area contributed by atoms with Crippen LogP contribution in [0.2, 0.25) is 5.15 Å². The van der Waals surface area contributed by atoms with Crippen molar-refractivity contribution in [1.29, 1.82) is 0 Å². The number of nitrogens with one attached hydrogen (secondary N) is 1. The minimum atomic E-state index is -4.14. The second-order valence-electron chi connectivity index (χ2n) is 8.37. The topological polar surface area (TPSA) is 143 Å². The number of methoxy groups -OCH3 is 2. The Kier molecular flexibility index (Phi) is 7.41. The highest BCUT2D eigenvalue weighted by molar-refractivity contribution is 7.92. The molecule has 0 saturated carbocycles. The van der Waals surface area contributed by atoms with E-state index >= 15 is 0 Å². The van der Waals surface area contributed by atoms with Crippen LogP contribution in [0.1, 0.15) is 12.5 Å². The molecule has 1 N–H and O–H groups in total. The number of anilines is 1. The highest BCUT2D eigenvalue weighted by Gasteiger charge is 2.26. The van der Waals surface area contributed by atoms with Crippen LogP contribution in [0.25, 0.3) is 28.5 Å². The molecule has 12 nitrogen and oxygen atoms in total. The van der Waals surface area contributed by atoms with Crippen molar-refractivity contribution >= 4 is 38.7 Å². The molecular formula is C26H24ClN7O5S. The number of benzene rings is 1. The van der Waals surface area contributed by atoms with Gasteiger partial charge in [0.2, 0.25) is 5.88 Å². The zero-order chi connectivity index (χ0) is 28.4. The molecule has 4 aromatic heterocycles. The number of ether oxygens (including phenoxy) is 3. The summed E-state index contributed by atoms with van der Waals surface area (Å²) in [4.78, 5) is 22.2. The highest BCUT2D eigenvalue weighted by Crippen LogP contribution is 2.38. The van der Waals surface area contributed by atoms with Crippen molar-refractivity contribution in [2.75, 3.05) is 25.5 Å². The second kappa shape index (κ2) is 10.9. The number of aromatic nitrogens is 6. The van der Waals surface area contributed by atoms with E-state index in [-0.39, 0.29) is 27.3 Å². The lowest BCUT2D eigenvalue weighted by atomic mass is 10.2. The van der Waals surface area contributed by atoms with Crippen LogP contribution in [-0.2, 0) is 10.0 Å². The molecule has 0 saturated heterocycles. The lowest BCUT2D eigenvalue weighted by Crippen LogP contribution is -2.16. The molecule has 0 atom stereocenters. The van der Waals surface area contributed by atoms with E-state index in [0.717, 1.165) is 5.56 Å². The van der Waals surface area contributed by atoms with Gasteiger partial charge in [-0.05, 0) is 43.7 Å². The van der Waals surface area contributed by atoms with Gasteiger partial charge in [0.05, 0.1) is 20.8 Å². The van der Waals surface area contributed by atoms with Gasteiger partial charge in [-0.2, -0.15) is 8.42 Å². The Morgan fingerprint density at radius 1 is 0.950 bits per heavy atom. The molecule has 0 unspecified atom stereocenters. The Hall–Kier alpha value is -4.49. The average Bonchev–Trinajstić information content (AvgIpc) is 3.30. The molecule has 0 amide bonds. The van der Waals surface area contributed by atoms with Crippen molar-refractivity contribution in [3.05, 3.63) is 65.4 Å². The van der Waals surface area contributed by atoms with Crippen molar-refractivity contribution in [3.63, 3.8) is 0 Å². The van der Waals surface area contributed by atoms with E-state index in [9.17, 15) is 8.42 Å². The van der Waals surface area contributed by atoms with E-state index in [2.05, 4.69) is 29.6 Å². The van der Waals surface area contributed by atoms with E-state index in [0.29, 0.717) is 41.2 Å². The first-order valence-corrected chi connectivity index (χ1v) is 13.8. The van der Waals surface area contributed by atoms with Gasteiger partial charge in [-0.15, -0.1) is 0 Å². The van der Waals surface area contributed by atoms with Crippen molar-refractivity contribution in [3.8, 4) is 34.6 Å². The van der Waals surface area contributed by atoms with Gasteiger partial charge >= 0.3 is 0 Å². The van der Waals surface area contributed by atoms with Gasteiger partial charge in [0.1, 0.15) is 22.9 Å². The molecule has 4 heterocycles. The highest BCUT2D eigenvalue weighted by atomic mass is 35.5. The molecule has 5 rings (SSSR count). The molecule has 5 aromatic rings. The molecule has 0 aliphatic carbocycles. The van der Waals surface area contributed by atoms with Crippen molar-refractivity contribution in [2.24, 2.45) is 0 Å². The van der Waals surface area contributed by atoms with Crippen LogP contribution in [0.4, 0.5) is 5.82 Å². The van der Waals surface area contributed by atoms with Gasteiger partial charge in [0.25, 0.3) is 10.0 Å². The molecule has 0 radical (unpaired) electrons. The minimum Gasteiger partial charge on any atom is -0.494 e. The number of para-hydroxylation sites is 1. The number of sulfonamides is 1. The molecule has 1 aromatic carbocycles. The van der Waals surface area contributed by atoms with E-state index in [1.54, 1.807) is 54.0 Å². The fourth-order valence-electron chi connectivity index (χ4n) is 3.93. The van der Waals surface area contributed by atoms with Gasteiger partial charge in [-0.25, -0.2) is 24.9 Å². The van der Waals surface area contributed by atoms with Crippen LogP contribution in [-0.4, -0.2) is 58.7 Å². The lowest BCUT2D eigenvalue weighted by Gasteiger charge is -2.16. The second-order valence-corrected chi connectivity index (χ2v) is 10.4. The number of nitrogens with zero attached hydrogens (tertiary/aromatic N) is 6. The summed E-state index contributed by atoms with van der Waals surface area (Å²) in [5, 5.41) is -0.406. The fourth-order valence-corrected chi connectivity index (χ4v) is 5.10. The number of hydrogen-bond donors (Lipinski definition) is 1. The maximum absolute atomic E-state index is 13.1. The number of hydrogen-bond acceptors (Lipinski definition) is 10. The van der Waals surface area contributed by atoms with Crippen LogP contribution in [0.15, 0.2) is 59.8 Å². The van der Waals surface area contributed by atoms with Gasteiger partial charge in [0, 0.05) is 12.3 Å². The Morgan fingerprint density at radius 2 is 1.68 bits per heavy atom. The maximum Gasteiger partial charge on any atom is 0.280 e. The SMILES string of the molecule is CCOc1cccc(-c2nc3nc(Cl)c(NS(=O)(=O)c4ccc(C)cn4)nc3n2-c2c(OC)cccc2OC)n1. The van der Waals surface area contributed by atoms with E-state index in [1.807, 2.05) is 6.92 Å². The van der Waals surface area contributed by atoms with Crippen LogP contribution < -0.4 is 18.9 Å². The maximum atomic E-state index is 13.1. The monoisotopic (exact) mass is 581 g/mol. The molecule has 206 valence electrons. The summed E-state index contributed by atoms with van der Waals surface area (Å²) in [7, 11) is -1.11. The van der Waals surface area contributed by atoms with E-state index in [1.165, 1.54) is 26.5 Å². The van der Waals surface area contributed by atoms with Crippen molar-refractivity contribution in [1.82, 2.24) is 29.5 Å². The number of aryl methyl sites for hydroxylation is 1. The molecule has 0 fully saturated rings. The van der Waals surface area contributed by atoms with E-state index in [4.69, 9.17) is 25.8 Å².